The molecular weight excluding hydrogens is 250 g/mol. The lowest BCUT2D eigenvalue weighted by Crippen LogP contribution is -2.16. The van der Waals surface area contributed by atoms with Crippen molar-refractivity contribution in [2.75, 3.05) is 18.8 Å². The molecule has 0 spiro atoms. The average Bonchev–Trinajstić information content (AvgIpc) is 2.60. The summed E-state index contributed by atoms with van der Waals surface area (Å²) < 4.78 is 26.2. The van der Waals surface area contributed by atoms with Crippen LogP contribution in [0.3, 0.4) is 0 Å². The van der Waals surface area contributed by atoms with Crippen LogP contribution in [0.25, 0.3) is 0 Å². The molecule has 0 saturated carbocycles. The van der Waals surface area contributed by atoms with Crippen LogP contribution in [0.15, 0.2) is 10.3 Å². The van der Waals surface area contributed by atoms with Gasteiger partial charge in [0.25, 0.3) is 4.38 Å². The maximum absolute atomic E-state index is 11.3. The number of nitrogens with zero attached hydrogens (tertiary/aromatic N) is 1. The number of thioether (sulfide) groups is 2. The lowest BCUT2D eigenvalue weighted by molar-refractivity contribution is -0.515. The zero-order chi connectivity index (χ0) is 11.1. The quantitative estimate of drug-likeness (QED) is 0.709. The first kappa shape index (κ1) is 11.5. The van der Waals surface area contributed by atoms with Crippen LogP contribution >= 0.6 is 23.5 Å². The van der Waals surface area contributed by atoms with E-state index in [-0.39, 0.29) is 11.0 Å². The van der Waals surface area contributed by atoms with Crippen molar-refractivity contribution < 1.29 is 13.0 Å². The predicted molar refractivity (Wildman–Crippen MR) is 67.2 cm³/mol. The lowest BCUT2D eigenvalue weighted by Gasteiger charge is -2.00. The fraction of sp³-hybridized carbons (Fsp3) is 0.667. The van der Waals surface area contributed by atoms with E-state index in [9.17, 15) is 8.42 Å². The van der Waals surface area contributed by atoms with Crippen molar-refractivity contribution in [3.05, 3.63) is 10.3 Å². The Balaban J connectivity index is 2.26. The molecule has 84 valence electrons. The minimum absolute atomic E-state index is 0.163. The molecule has 3 nitrogen and oxygen atoms in total. The van der Waals surface area contributed by atoms with Crippen LogP contribution in [-0.2, 0) is 9.84 Å². The molecule has 0 radical (unpaired) electrons. The monoisotopic (exact) mass is 264 g/mol. The Morgan fingerprint density at radius 1 is 1.47 bits per heavy atom. The van der Waals surface area contributed by atoms with Gasteiger partial charge in [0.2, 0.25) is 0 Å². The van der Waals surface area contributed by atoms with E-state index < -0.39 is 9.84 Å². The van der Waals surface area contributed by atoms with Crippen LogP contribution in [0.2, 0.25) is 0 Å². The Labute approximate surface area is 98.9 Å². The molecular formula is C9H14NO2S3+. The van der Waals surface area contributed by atoms with Gasteiger partial charge in [0.15, 0.2) is 9.84 Å². The van der Waals surface area contributed by atoms with Gasteiger partial charge in [-0.25, -0.2) is 13.0 Å². The molecule has 2 aliphatic rings. The standard InChI is InChI=1S/C9H14NO2S3/c1-3-10(4-2)9-13-7-5-15(11,12)6-8(7)14-9/h5,8H,3-4,6H2,1-2H3/q+1/t8-/m1/s1. The van der Waals surface area contributed by atoms with Crippen LogP contribution in [0.1, 0.15) is 13.8 Å². The highest BCUT2D eigenvalue weighted by Crippen LogP contribution is 2.46. The van der Waals surface area contributed by atoms with E-state index in [0.29, 0.717) is 0 Å². The molecule has 0 bridgehead atoms. The first-order chi connectivity index (χ1) is 7.05. The number of rotatable bonds is 2. The van der Waals surface area contributed by atoms with Crippen LogP contribution in [0.5, 0.6) is 0 Å². The van der Waals surface area contributed by atoms with Gasteiger partial charge in [-0.15, -0.1) is 0 Å². The van der Waals surface area contributed by atoms with Gasteiger partial charge in [0, 0.05) is 10.3 Å². The fourth-order valence-corrected chi connectivity index (χ4v) is 7.28. The molecule has 0 N–H and O–H groups in total. The molecule has 1 saturated heterocycles. The molecule has 0 amide bonds. The van der Waals surface area contributed by atoms with Crippen molar-refractivity contribution in [2.24, 2.45) is 0 Å². The van der Waals surface area contributed by atoms with Crippen molar-refractivity contribution in [3.8, 4) is 0 Å². The number of fused-ring (bicyclic) bond motifs is 1. The van der Waals surface area contributed by atoms with Crippen molar-refractivity contribution in [1.29, 1.82) is 0 Å². The van der Waals surface area contributed by atoms with Crippen molar-refractivity contribution in [1.82, 2.24) is 0 Å². The second kappa shape index (κ2) is 4.14. The first-order valence-electron chi connectivity index (χ1n) is 4.96. The highest BCUT2D eigenvalue weighted by atomic mass is 32.2. The summed E-state index contributed by atoms with van der Waals surface area (Å²) in [6.07, 6.45) is 0. The third-order valence-corrected chi connectivity index (χ3v) is 7.16. The molecule has 6 heteroatoms. The van der Waals surface area contributed by atoms with Gasteiger partial charge in [-0.2, -0.15) is 0 Å². The van der Waals surface area contributed by atoms with Gasteiger partial charge >= 0.3 is 0 Å². The van der Waals surface area contributed by atoms with E-state index in [0.717, 1.165) is 18.0 Å². The summed E-state index contributed by atoms with van der Waals surface area (Å²) in [5.41, 5.74) is 0. The second-order valence-corrected chi connectivity index (χ2v) is 7.90. The minimum Gasteiger partial charge on any atom is -0.224 e. The van der Waals surface area contributed by atoms with Crippen molar-refractivity contribution in [2.45, 2.75) is 19.1 Å². The molecule has 0 aromatic rings. The summed E-state index contributed by atoms with van der Waals surface area (Å²) in [5.74, 6) is 0.283. The zero-order valence-corrected chi connectivity index (χ0v) is 11.2. The highest BCUT2D eigenvalue weighted by molar-refractivity contribution is 8.43. The summed E-state index contributed by atoms with van der Waals surface area (Å²) >= 11 is 3.33. The third-order valence-electron chi connectivity index (χ3n) is 2.47. The Morgan fingerprint density at radius 3 is 2.67 bits per heavy atom. The van der Waals surface area contributed by atoms with Gasteiger partial charge in [0.05, 0.1) is 11.0 Å². The van der Waals surface area contributed by atoms with E-state index in [1.54, 1.807) is 23.5 Å². The fourth-order valence-electron chi connectivity index (χ4n) is 1.64. The van der Waals surface area contributed by atoms with E-state index >= 15 is 0 Å². The van der Waals surface area contributed by atoms with E-state index in [1.165, 1.54) is 9.78 Å². The minimum atomic E-state index is -2.90. The van der Waals surface area contributed by atoms with E-state index in [4.69, 9.17) is 0 Å². The number of hydrogen-bond donors (Lipinski definition) is 0. The zero-order valence-electron chi connectivity index (χ0n) is 8.76. The molecule has 2 aliphatic heterocycles. The summed E-state index contributed by atoms with van der Waals surface area (Å²) in [4.78, 5) is 1.02. The SMILES string of the molecule is CC[N+](CC)=C1SC2=CS(=O)(=O)C[C@H]2S1. The number of sulfone groups is 1. The molecule has 1 atom stereocenters. The number of hydrogen-bond acceptors (Lipinski definition) is 4. The normalized spacial score (nSPS) is 27.7. The average molecular weight is 264 g/mol. The molecule has 0 aromatic carbocycles. The van der Waals surface area contributed by atoms with Gasteiger partial charge in [-0.05, 0) is 37.4 Å². The van der Waals surface area contributed by atoms with Gasteiger partial charge in [-0.1, -0.05) is 0 Å². The highest BCUT2D eigenvalue weighted by Gasteiger charge is 2.41. The predicted octanol–water partition coefficient (Wildman–Crippen LogP) is 1.51. The maximum Gasteiger partial charge on any atom is 0.275 e. The first-order valence-corrected chi connectivity index (χ1v) is 8.37. The van der Waals surface area contributed by atoms with Crippen molar-refractivity contribution >= 4 is 37.7 Å². The summed E-state index contributed by atoms with van der Waals surface area (Å²) in [6, 6.07) is 0. The smallest absolute Gasteiger partial charge is 0.224 e. The Morgan fingerprint density at radius 2 is 2.13 bits per heavy atom. The second-order valence-electron chi connectivity index (χ2n) is 3.50. The molecule has 15 heavy (non-hydrogen) atoms. The van der Waals surface area contributed by atoms with Gasteiger partial charge in [-0.3, -0.25) is 0 Å². The molecule has 2 rings (SSSR count). The van der Waals surface area contributed by atoms with Crippen LogP contribution < -0.4 is 0 Å². The van der Waals surface area contributed by atoms with Crippen LogP contribution in [0, 0.1) is 0 Å². The third kappa shape index (κ3) is 2.26. The molecule has 0 unspecified atom stereocenters. The topological polar surface area (TPSA) is 37.1 Å². The maximum atomic E-state index is 11.3. The molecule has 2 heterocycles. The van der Waals surface area contributed by atoms with E-state index in [2.05, 4.69) is 18.4 Å². The van der Waals surface area contributed by atoms with Crippen LogP contribution in [-0.4, -0.2) is 41.5 Å². The van der Waals surface area contributed by atoms with Crippen LogP contribution in [0.4, 0.5) is 0 Å². The Kier molecular flexibility index (Phi) is 3.19. The molecule has 0 aromatic heterocycles. The van der Waals surface area contributed by atoms with Gasteiger partial charge < -0.3 is 0 Å². The Bertz CT molecular complexity index is 430. The van der Waals surface area contributed by atoms with E-state index in [1.807, 2.05) is 0 Å². The lowest BCUT2D eigenvalue weighted by atomic mass is 10.5. The largest absolute Gasteiger partial charge is 0.275 e. The molecule has 1 fully saturated rings. The van der Waals surface area contributed by atoms with Crippen molar-refractivity contribution in [3.63, 3.8) is 0 Å². The Hall–Kier alpha value is 0.0600. The molecule has 0 aliphatic carbocycles. The summed E-state index contributed by atoms with van der Waals surface area (Å²) in [6.45, 7) is 6.21. The summed E-state index contributed by atoms with van der Waals surface area (Å²) in [7, 11) is -2.90. The summed E-state index contributed by atoms with van der Waals surface area (Å²) in [5, 5.41) is 1.61. The van der Waals surface area contributed by atoms with Gasteiger partial charge in [0.1, 0.15) is 13.1 Å².